The van der Waals surface area contributed by atoms with Crippen molar-refractivity contribution in [2.45, 2.75) is 6.61 Å². The van der Waals surface area contributed by atoms with Gasteiger partial charge >= 0.3 is 0 Å². The minimum atomic E-state index is 0.468. The molecule has 154 valence electrons. The number of hydrogen-bond acceptors (Lipinski definition) is 5. The molecule has 0 unspecified atom stereocenters. The van der Waals surface area contributed by atoms with Crippen LogP contribution < -0.4 is 9.47 Å². The largest absolute Gasteiger partial charge is 0.491 e. The number of nitrogens with zero attached hydrogens (tertiary/aromatic N) is 1. The van der Waals surface area contributed by atoms with Crippen LogP contribution in [0.3, 0.4) is 0 Å². The van der Waals surface area contributed by atoms with Crippen LogP contribution in [-0.2, 0) is 16.1 Å². The summed E-state index contributed by atoms with van der Waals surface area (Å²) in [6.07, 6.45) is 1.71. The second kappa shape index (κ2) is 11.6. The van der Waals surface area contributed by atoms with Crippen LogP contribution in [0.25, 0.3) is 10.8 Å². The molecule has 0 aliphatic heterocycles. The van der Waals surface area contributed by atoms with Gasteiger partial charge in [-0.15, -0.1) is 6.58 Å². The van der Waals surface area contributed by atoms with Crippen LogP contribution >= 0.6 is 0 Å². The van der Waals surface area contributed by atoms with Gasteiger partial charge in [-0.05, 0) is 52.7 Å². The Hall–Kier alpha value is -3.33. The van der Waals surface area contributed by atoms with Crippen molar-refractivity contribution in [1.82, 2.24) is 0 Å². The fourth-order valence-electron chi connectivity index (χ4n) is 2.84. The molecule has 0 saturated carbocycles. The van der Waals surface area contributed by atoms with Crippen molar-refractivity contribution in [1.29, 1.82) is 5.26 Å². The molecular weight excluding hydrogens is 378 g/mol. The molecule has 3 rings (SSSR count). The predicted molar refractivity (Wildman–Crippen MR) is 117 cm³/mol. The van der Waals surface area contributed by atoms with Crippen molar-refractivity contribution < 1.29 is 18.9 Å². The van der Waals surface area contributed by atoms with Gasteiger partial charge in [-0.25, -0.2) is 0 Å². The monoisotopic (exact) mass is 403 g/mol. The first kappa shape index (κ1) is 21.4. The summed E-state index contributed by atoms with van der Waals surface area (Å²) >= 11 is 0. The standard InChI is InChI=1S/C25H25NO4/c1-2-11-27-12-13-28-14-15-29-24-8-4-20(5-9-24)19-30-25-10-7-22-16-21(18-26)3-6-23(22)17-25/h2-10,16-17H,1,11-15,19H2. The van der Waals surface area contributed by atoms with E-state index < -0.39 is 0 Å². The third kappa shape index (κ3) is 6.63. The zero-order valence-corrected chi connectivity index (χ0v) is 16.9. The van der Waals surface area contributed by atoms with Crippen LogP contribution in [0.15, 0.2) is 73.3 Å². The lowest BCUT2D eigenvalue weighted by molar-refractivity contribution is 0.0449. The predicted octanol–water partition coefficient (Wildman–Crippen LogP) is 4.89. The molecular formula is C25H25NO4. The first-order chi connectivity index (χ1) is 14.8. The fraction of sp³-hybridized carbons (Fsp3) is 0.240. The SMILES string of the molecule is C=CCOCCOCCOc1ccc(COc2ccc3cc(C#N)ccc3c2)cc1. The van der Waals surface area contributed by atoms with Crippen LogP contribution in [-0.4, -0.2) is 33.0 Å². The van der Waals surface area contributed by atoms with Gasteiger partial charge in [0.05, 0.1) is 38.1 Å². The molecule has 0 spiro atoms. The zero-order valence-electron chi connectivity index (χ0n) is 16.9. The molecule has 30 heavy (non-hydrogen) atoms. The van der Waals surface area contributed by atoms with Crippen molar-refractivity contribution in [3.63, 3.8) is 0 Å². The Morgan fingerprint density at radius 1 is 0.767 bits per heavy atom. The van der Waals surface area contributed by atoms with E-state index in [1.165, 1.54) is 0 Å². The highest BCUT2D eigenvalue weighted by Gasteiger charge is 2.01. The number of rotatable bonds is 12. The van der Waals surface area contributed by atoms with Crippen LogP contribution in [0.2, 0.25) is 0 Å². The van der Waals surface area contributed by atoms with Crippen LogP contribution in [0.1, 0.15) is 11.1 Å². The van der Waals surface area contributed by atoms with E-state index in [0.717, 1.165) is 27.8 Å². The Labute approximate surface area is 177 Å². The molecule has 0 saturated heterocycles. The molecule has 0 fully saturated rings. The van der Waals surface area contributed by atoms with Gasteiger partial charge < -0.3 is 18.9 Å². The average molecular weight is 403 g/mol. The van der Waals surface area contributed by atoms with Gasteiger partial charge in [0, 0.05) is 0 Å². The normalized spacial score (nSPS) is 10.5. The number of nitriles is 1. The van der Waals surface area contributed by atoms with Gasteiger partial charge in [-0.1, -0.05) is 30.3 Å². The molecule has 0 amide bonds. The minimum Gasteiger partial charge on any atom is -0.491 e. The summed E-state index contributed by atoms with van der Waals surface area (Å²) in [5, 5.41) is 11.1. The zero-order chi connectivity index (χ0) is 21.0. The van der Waals surface area contributed by atoms with E-state index in [0.29, 0.717) is 45.2 Å². The van der Waals surface area contributed by atoms with Crippen molar-refractivity contribution in [3.05, 3.63) is 84.4 Å². The average Bonchev–Trinajstić information content (AvgIpc) is 2.79. The van der Waals surface area contributed by atoms with E-state index in [-0.39, 0.29) is 0 Å². The maximum atomic E-state index is 8.99. The summed E-state index contributed by atoms with van der Waals surface area (Å²) in [7, 11) is 0. The molecule has 0 radical (unpaired) electrons. The smallest absolute Gasteiger partial charge is 0.120 e. The minimum absolute atomic E-state index is 0.468. The van der Waals surface area contributed by atoms with E-state index in [1.807, 2.05) is 60.7 Å². The third-order valence-electron chi connectivity index (χ3n) is 4.37. The lowest BCUT2D eigenvalue weighted by atomic mass is 10.1. The Bertz CT molecular complexity index is 992. The summed E-state index contributed by atoms with van der Waals surface area (Å²) in [5.41, 5.74) is 1.71. The lowest BCUT2D eigenvalue weighted by Gasteiger charge is -2.10. The van der Waals surface area contributed by atoms with Crippen molar-refractivity contribution >= 4 is 10.8 Å². The highest BCUT2D eigenvalue weighted by Crippen LogP contribution is 2.23. The maximum Gasteiger partial charge on any atom is 0.120 e. The summed E-state index contributed by atoms with van der Waals surface area (Å²) in [5.74, 6) is 1.59. The van der Waals surface area contributed by atoms with Gasteiger partial charge in [0.25, 0.3) is 0 Å². The number of benzene rings is 3. The van der Waals surface area contributed by atoms with Gasteiger partial charge in [-0.2, -0.15) is 5.26 Å². The Balaban J connectivity index is 1.41. The van der Waals surface area contributed by atoms with Crippen molar-refractivity contribution in [2.75, 3.05) is 33.0 Å². The molecule has 0 N–H and O–H groups in total. The van der Waals surface area contributed by atoms with E-state index in [4.69, 9.17) is 24.2 Å². The fourth-order valence-corrected chi connectivity index (χ4v) is 2.84. The molecule has 0 aliphatic carbocycles. The molecule has 0 heterocycles. The van der Waals surface area contributed by atoms with Crippen molar-refractivity contribution in [2.24, 2.45) is 0 Å². The molecule has 0 aliphatic rings. The first-order valence-corrected chi connectivity index (χ1v) is 9.83. The number of hydrogen-bond donors (Lipinski definition) is 0. The molecule has 3 aromatic rings. The third-order valence-corrected chi connectivity index (χ3v) is 4.37. The van der Waals surface area contributed by atoms with Crippen LogP contribution in [0.5, 0.6) is 11.5 Å². The lowest BCUT2D eigenvalue weighted by Crippen LogP contribution is -2.10. The first-order valence-electron chi connectivity index (χ1n) is 9.83. The van der Waals surface area contributed by atoms with Crippen LogP contribution in [0, 0.1) is 11.3 Å². The molecule has 0 atom stereocenters. The van der Waals surface area contributed by atoms with E-state index >= 15 is 0 Å². The Kier molecular flexibility index (Phi) is 8.28. The van der Waals surface area contributed by atoms with Gasteiger partial charge in [0.2, 0.25) is 0 Å². The summed E-state index contributed by atoms with van der Waals surface area (Å²) in [6, 6.07) is 21.5. The van der Waals surface area contributed by atoms with Crippen LogP contribution in [0.4, 0.5) is 0 Å². The van der Waals surface area contributed by atoms with E-state index in [9.17, 15) is 0 Å². The second-order valence-electron chi connectivity index (χ2n) is 6.59. The van der Waals surface area contributed by atoms with Gasteiger partial charge in [0.1, 0.15) is 24.7 Å². The Morgan fingerprint density at radius 3 is 2.27 bits per heavy atom. The topological polar surface area (TPSA) is 60.7 Å². The van der Waals surface area contributed by atoms with Gasteiger partial charge in [-0.3, -0.25) is 0 Å². The highest BCUT2D eigenvalue weighted by atomic mass is 16.5. The van der Waals surface area contributed by atoms with E-state index in [1.54, 1.807) is 6.08 Å². The van der Waals surface area contributed by atoms with Gasteiger partial charge in [0.15, 0.2) is 0 Å². The molecule has 0 aromatic heterocycles. The molecule has 0 bridgehead atoms. The quantitative estimate of drug-likeness (QED) is 0.318. The summed E-state index contributed by atoms with van der Waals surface area (Å²) in [4.78, 5) is 0. The van der Waals surface area contributed by atoms with E-state index in [2.05, 4.69) is 12.6 Å². The molecule has 3 aromatic carbocycles. The summed E-state index contributed by atoms with van der Waals surface area (Å²) in [6.45, 7) is 6.70. The maximum absolute atomic E-state index is 8.99. The second-order valence-corrected chi connectivity index (χ2v) is 6.59. The Morgan fingerprint density at radius 2 is 1.47 bits per heavy atom. The van der Waals surface area contributed by atoms with Crippen molar-refractivity contribution in [3.8, 4) is 17.6 Å². The summed E-state index contributed by atoms with van der Waals surface area (Å²) < 4.78 is 22.3. The highest BCUT2D eigenvalue weighted by molar-refractivity contribution is 5.85. The molecule has 5 heteroatoms. The molecule has 5 nitrogen and oxygen atoms in total. The number of ether oxygens (including phenoxy) is 4. The number of fused-ring (bicyclic) bond motifs is 1.